The van der Waals surface area contributed by atoms with Gasteiger partial charge in [-0.25, -0.2) is 26.9 Å². The van der Waals surface area contributed by atoms with E-state index >= 15 is 0 Å². The molecule has 0 saturated heterocycles. The molecular formula is C16H9F5N2O2. The SMILES string of the molecule is CC(NC(=O)c1c(F)c(F)c(F)c(F)c1F)c1nc2ccccc2o1. The minimum absolute atomic E-state index is 0.0124. The van der Waals surface area contributed by atoms with Gasteiger partial charge in [0.15, 0.2) is 28.9 Å². The van der Waals surface area contributed by atoms with Crippen LogP contribution in [0.1, 0.15) is 29.2 Å². The molecule has 4 nitrogen and oxygen atoms in total. The number of para-hydroxylation sites is 2. The number of hydrogen-bond acceptors (Lipinski definition) is 3. The lowest BCUT2D eigenvalue weighted by Gasteiger charge is -2.12. The monoisotopic (exact) mass is 356 g/mol. The van der Waals surface area contributed by atoms with Crippen molar-refractivity contribution < 1.29 is 31.2 Å². The van der Waals surface area contributed by atoms with Gasteiger partial charge in [-0.1, -0.05) is 12.1 Å². The predicted octanol–water partition coefficient (Wildman–Crippen LogP) is 4.01. The summed E-state index contributed by atoms with van der Waals surface area (Å²) < 4.78 is 72.1. The number of hydrogen-bond donors (Lipinski definition) is 1. The van der Waals surface area contributed by atoms with Gasteiger partial charge in [-0.15, -0.1) is 0 Å². The second kappa shape index (κ2) is 6.15. The first-order chi connectivity index (χ1) is 11.8. The number of nitrogens with one attached hydrogen (secondary N) is 1. The summed E-state index contributed by atoms with van der Waals surface area (Å²) in [5.74, 6) is -12.6. The quantitative estimate of drug-likeness (QED) is 0.438. The van der Waals surface area contributed by atoms with E-state index in [0.717, 1.165) is 0 Å². The van der Waals surface area contributed by atoms with E-state index in [-0.39, 0.29) is 5.89 Å². The molecule has 130 valence electrons. The van der Waals surface area contributed by atoms with Crippen LogP contribution in [0.2, 0.25) is 0 Å². The van der Waals surface area contributed by atoms with E-state index in [1.807, 2.05) is 0 Å². The third kappa shape index (κ3) is 2.81. The number of benzene rings is 2. The first-order valence-electron chi connectivity index (χ1n) is 6.99. The van der Waals surface area contributed by atoms with Crippen LogP contribution in [0.15, 0.2) is 28.7 Å². The van der Waals surface area contributed by atoms with Crippen LogP contribution in [-0.4, -0.2) is 10.9 Å². The van der Waals surface area contributed by atoms with Crippen LogP contribution in [-0.2, 0) is 0 Å². The number of halogens is 5. The van der Waals surface area contributed by atoms with Gasteiger partial charge in [-0.2, -0.15) is 0 Å². The van der Waals surface area contributed by atoms with Gasteiger partial charge in [0.05, 0.1) is 0 Å². The van der Waals surface area contributed by atoms with Crippen LogP contribution >= 0.6 is 0 Å². The largest absolute Gasteiger partial charge is 0.438 e. The van der Waals surface area contributed by atoms with Gasteiger partial charge in [-0.05, 0) is 19.1 Å². The number of aromatic nitrogens is 1. The van der Waals surface area contributed by atoms with Crippen molar-refractivity contribution >= 4 is 17.0 Å². The maximum absolute atomic E-state index is 13.7. The Bertz CT molecular complexity index is 924. The third-order valence-corrected chi connectivity index (χ3v) is 3.47. The lowest BCUT2D eigenvalue weighted by molar-refractivity contribution is 0.0922. The Hall–Kier alpha value is -2.97. The smallest absolute Gasteiger partial charge is 0.258 e. The topological polar surface area (TPSA) is 55.1 Å². The number of amides is 1. The van der Waals surface area contributed by atoms with E-state index in [0.29, 0.717) is 11.1 Å². The van der Waals surface area contributed by atoms with Gasteiger partial charge in [0.25, 0.3) is 5.91 Å². The molecule has 0 spiro atoms. The van der Waals surface area contributed by atoms with Crippen LogP contribution in [0.3, 0.4) is 0 Å². The molecule has 1 unspecified atom stereocenters. The van der Waals surface area contributed by atoms with E-state index < -0.39 is 46.6 Å². The van der Waals surface area contributed by atoms with E-state index in [9.17, 15) is 26.7 Å². The zero-order valence-corrected chi connectivity index (χ0v) is 12.5. The van der Waals surface area contributed by atoms with Crippen LogP contribution in [0, 0.1) is 29.1 Å². The molecule has 0 aliphatic heterocycles. The first kappa shape index (κ1) is 16.9. The highest BCUT2D eigenvalue weighted by atomic mass is 19.2. The molecule has 25 heavy (non-hydrogen) atoms. The van der Waals surface area contributed by atoms with Crippen LogP contribution in [0.5, 0.6) is 0 Å². The minimum Gasteiger partial charge on any atom is -0.438 e. The van der Waals surface area contributed by atoms with Crippen molar-refractivity contribution in [1.29, 1.82) is 0 Å². The van der Waals surface area contributed by atoms with Gasteiger partial charge in [0.1, 0.15) is 17.1 Å². The second-order valence-corrected chi connectivity index (χ2v) is 5.16. The standard InChI is InChI=1S/C16H9F5N2O2/c1-6(16-23-7-4-2-3-5-8(7)25-16)22-15(24)9-10(17)12(19)14(21)13(20)11(9)18/h2-6H,1H3,(H,22,24). The zero-order chi connectivity index (χ0) is 18.3. The highest BCUT2D eigenvalue weighted by Gasteiger charge is 2.30. The average Bonchev–Trinajstić information content (AvgIpc) is 3.02. The van der Waals surface area contributed by atoms with Crippen molar-refractivity contribution in [2.24, 2.45) is 0 Å². The molecular weight excluding hydrogens is 347 g/mol. The molecule has 1 atom stereocenters. The van der Waals surface area contributed by atoms with Gasteiger partial charge in [-0.3, -0.25) is 4.79 Å². The van der Waals surface area contributed by atoms with E-state index in [1.165, 1.54) is 6.92 Å². The Morgan fingerprint density at radius 1 is 1.00 bits per heavy atom. The average molecular weight is 356 g/mol. The fourth-order valence-corrected chi connectivity index (χ4v) is 2.21. The fourth-order valence-electron chi connectivity index (χ4n) is 2.21. The van der Waals surface area contributed by atoms with Gasteiger partial charge in [0, 0.05) is 0 Å². The molecule has 0 aliphatic rings. The zero-order valence-electron chi connectivity index (χ0n) is 12.5. The van der Waals surface area contributed by atoms with E-state index in [4.69, 9.17) is 4.42 Å². The molecule has 1 amide bonds. The Kier molecular flexibility index (Phi) is 4.15. The summed E-state index contributed by atoms with van der Waals surface area (Å²) in [7, 11) is 0. The Balaban J connectivity index is 1.92. The van der Waals surface area contributed by atoms with Crippen LogP contribution in [0.25, 0.3) is 11.1 Å². The number of carbonyl (C=O) groups excluding carboxylic acids is 1. The number of carbonyl (C=O) groups is 1. The molecule has 3 rings (SSSR count). The van der Waals surface area contributed by atoms with Crippen LogP contribution in [0.4, 0.5) is 22.0 Å². The van der Waals surface area contributed by atoms with Crippen molar-refractivity contribution in [3.05, 3.63) is 64.8 Å². The predicted molar refractivity (Wildman–Crippen MR) is 76.1 cm³/mol. The van der Waals surface area contributed by atoms with E-state index in [1.54, 1.807) is 24.3 Å². The van der Waals surface area contributed by atoms with Crippen LogP contribution < -0.4 is 5.32 Å². The summed E-state index contributed by atoms with van der Waals surface area (Å²) in [6.07, 6.45) is 0. The molecule has 0 radical (unpaired) electrons. The van der Waals surface area contributed by atoms with Crippen molar-refractivity contribution in [2.75, 3.05) is 0 Å². The van der Waals surface area contributed by atoms with Crippen molar-refractivity contribution in [1.82, 2.24) is 10.3 Å². The summed E-state index contributed by atoms with van der Waals surface area (Å²) in [6, 6.07) is 5.67. The number of nitrogens with zero attached hydrogens (tertiary/aromatic N) is 1. The summed E-state index contributed by atoms with van der Waals surface area (Å²) in [5.41, 5.74) is -0.677. The minimum atomic E-state index is -2.33. The molecule has 2 aromatic carbocycles. The Labute approximate surface area is 137 Å². The van der Waals surface area contributed by atoms with Gasteiger partial charge >= 0.3 is 0 Å². The van der Waals surface area contributed by atoms with Crippen molar-refractivity contribution in [2.45, 2.75) is 13.0 Å². The molecule has 0 bridgehead atoms. The molecule has 0 saturated carbocycles. The lowest BCUT2D eigenvalue weighted by atomic mass is 10.1. The molecule has 1 heterocycles. The number of fused-ring (bicyclic) bond motifs is 1. The summed E-state index contributed by atoms with van der Waals surface area (Å²) in [5, 5.41) is 2.10. The molecule has 1 N–H and O–H groups in total. The molecule has 3 aromatic rings. The maximum Gasteiger partial charge on any atom is 0.258 e. The Morgan fingerprint density at radius 2 is 1.56 bits per heavy atom. The highest BCUT2D eigenvalue weighted by molar-refractivity contribution is 5.95. The van der Waals surface area contributed by atoms with Gasteiger partial charge in [0.2, 0.25) is 11.7 Å². The van der Waals surface area contributed by atoms with Crippen molar-refractivity contribution in [3.63, 3.8) is 0 Å². The second-order valence-electron chi connectivity index (χ2n) is 5.16. The molecule has 1 aromatic heterocycles. The molecule has 0 fully saturated rings. The third-order valence-electron chi connectivity index (χ3n) is 3.47. The summed E-state index contributed by atoms with van der Waals surface area (Å²) >= 11 is 0. The normalized spacial score (nSPS) is 12.4. The first-order valence-corrected chi connectivity index (χ1v) is 6.99. The fraction of sp³-hybridized carbons (Fsp3) is 0.125. The Morgan fingerprint density at radius 3 is 2.16 bits per heavy atom. The summed E-state index contributed by atoms with van der Waals surface area (Å²) in [6.45, 7) is 1.38. The van der Waals surface area contributed by atoms with E-state index in [2.05, 4.69) is 10.3 Å². The molecule has 9 heteroatoms. The van der Waals surface area contributed by atoms with Gasteiger partial charge < -0.3 is 9.73 Å². The number of rotatable bonds is 3. The van der Waals surface area contributed by atoms with Crippen molar-refractivity contribution in [3.8, 4) is 0 Å². The maximum atomic E-state index is 13.7. The molecule has 0 aliphatic carbocycles. The summed E-state index contributed by atoms with van der Waals surface area (Å²) in [4.78, 5) is 16.1. The number of oxazole rings is 1. The lowest BCUT2D eigenvalue weighted by Crippen LogP contribution is -2.29. The highest BCUT2D eigenvalue weighted by Crippen LogP contribution is 2.24.